The Morgan fingerprint density at radius 3 is 2.40 bits per heavy atom. The van der Waals surface area contributed by atoms with Gasteiger partial charge >= 0.3 is 0 Å². The van der Waals surface area contributed by atoms with Crippen LogP contribution in [0.3, 0.4) is 0 Å². The second-order valence-corrected chi connectivity index (χ2v) is 6.55. The number of pyridine rings is 1. The monoisotopic (exact) mass is 291 g/mol. The summed E-state index contributed by atoms with van der Waals surface area (Å²) < 4.78 is 0. The first-order valence-electron chi connectivity index (χ1n) is 6.81. The van der Waals surface area contributed by atoms with Crippen LogP contribution in [0.15, 0.2) is 12.1 Å². The molecule has 0 aliphatic rings. The molecule has 0 bridgehead atoms. The lowest BCUT2D eigenvalue weighted by Crippen LogP contribution is -2.41. The second kappa shape index (κ2) is 5.40. The second-order valence-electron chi connectivity index (χ2n) is 5.55. The molecule has 20 heavy (non-hydrogen) atoms. The normalized spacial score (nSPS) is 11.6. The molecule has 2 aromatic heterocycles. The molecule has 2 heterocycles. The number of carbonyl (C=O) groups excluding carboxylic acids is 1. The standard InChI is InChI=1S/C15H21N3OS/c1-8(2)18(9(3)4)15(19)13-12(16)11-7-6-10(5)17-14(11)20-13/h6-9H,16H2,1-5H3. The maximum absolute atomic E-state index is 12.7. The highest BCUT2D eigenvalue weighted by atomic mass is 32.1. The number of fused-ring (bicyclic) bond motifs is 1. The summed E-state index contributed by atoms with van der Waals surface area (Å²) in [6.45, 7) is 10.0. The Bertz CT molecular complexity index is 638. The third-order valence-electron chi connectivity index (χ3n) is 3.27. The Balaban J connectivity index is 2.52. The van der Waals surface area contributed by atoms with Gasteiger partial charge < -0.3 is 10.6 Å². The number of rotatable bonds is 3. The van der Waals surface area contributed by atoms with Crippen molar-refractivity contribution >= 4 is 33.1 Å². The molecule has 0 unspecified atom stereocenters. The first-order valence-corrected chi connectivity index (χ1v) is 7.62. The number of nitrogens with zero attached hydrogens (tertiary/aromatic N) is 2. The average molecular weight is 291 g/mol. The van der Waals surface area contributed by atoms with Gasteiger partial charge in [-0.15, -0.1) is 11.3 Å². The van der Waals surface area contributed by atoms with Crippen LogP contribution in [0.25, 0.3) is 10.2 Å². The van der Waals surface area contributed by atoms with Crippen LogP contribution >= 0.6 is 11.3 Å². The molecule has 0 spiro atoms. The van der Waals surface area contributed by atoms with E-state index in [4.69, 9.17) is 5.73 Å². The molecule has 0 saturated heterocycles. The largest absolute Gasteiger partial charge is 0.397 e. The molecule has 0 aliphatic heterocycles. The number of amides is 1. The minimum Gasteiger partial charge on any atom is -0.397 e. The molecular weight excluding hydrogens is 270 g/mol. The lowest BCUT2D eigenvalue weighted by Gasteiger charge is -2.30. The number of aromatic nitrogens is 1. The molecular formula is C15H21N3OS. The van der Waals surface area contributed by atoms with E-state index >= 15 is 0 Å². The Hall–Kier alpha value is -1.62. The Kier molecular flexibility index (Phi) is 3.99. The number of anilines is 1. The van der Waals surface area contributed by atoms with Crippen molar-refractivity contribution in [2.75, 3.05) is 5.73 Å². The zero-order chi connectivity index (χ0) is 15.0. The predicted molar refractivity (Wildman–Crippen MR) is 85.2 cm³/mol. The lowest BCUT2D eigenvalue weighted by molar-refractivity contribution is 0.0650. The van der Waals surface area contributed by atoms with Gasteiger partial charge in [0.2, 0.25) is 0 Å². The van der Waals surface area contributed by atoms with E-state index in [1.165, 1.54) is 11.3 Å². The minimum absolute atomic E-state index is 0.00634. The lowest BCUT2D eigenvalue weighted by atomic mass is 10.2. The summed E-state index contributed by atoms with van der Waals surface area (Å²) in [5, 5.41) is 0.872. The van der Waals surface area contributed by atoms with Crippen LogP contribution in [0, 0.1) is 6.92 Å². The average Bonchev–Trinajstić information content (AvgIpc) is 2.65. The smallest absolute Gasteiger partial charge is 0.266 e. The van der Waals surface area contributed by atoms with Crippen LogP contribution in [0.5, 0.6) is 0 Å². The summed E-state index contributed by atoms with van der Waals surface area (Å²) in [5.74, 6) is -0.00634. The zero-order valence-corrected chi connectivity index (χ0v) is 13.4. The fourth-order valence-corrected chi connectivity index (χ4v) is 3.51. The van der Waals surface area contributed by atoms with E-state index in [0.717, 1.165) is 15.9 Å². The number of nitrogen functional groups attached to an aromatic ring is 1. The number of carbonyl (C=O) groups is 1. The van der Waals surface area contributed by atoms with Gasteiger partial charge in [0.15, 0.2) is 0 Å². The predicted octanol–water partition coefficient (Wildman–Crippen LogP) is 3.45. The topological polar surface area (TPSA) is 59.2 Å². The molecule has 0 saturated carbocycles. The highest BCUT2D eigenvalue weighted by Crippen LogP contribution is 2.34. The van der Waals surface area contributed by atoms with E-state index in [0.29, 0.717) is 10.6 Å². The fraction of sp³-hybridized carbons (Fsp3) is 0.467. The van der Waals surface area contributed by atoms with Crippen LogP contribution in [0.1, 0.15) is 43.1 Å². The molecule has 1 amide bonds. The summed E-state index contributed by atoms with van der Waals surface area (Å²) in [6.07, 6.45) is 0. The highest BCUT2D eigenvalue weighted by molar-refractivity contribution is 7.21. The molecule has 0 radical (unpaired) electrons. The SMILES string of the molecule is Cc1ccc2c(N)c(C(=O)N(C(C)C)C(C)C)sc2n1. The van der Waals surface area contributed by atoms with Gasteiger partial charge in [0, 0.05) is 23.2 Å². The molecule has 2 N–H and O–H groups in total. The minimum atomic E-state index is -0.00634. The molecule has 2 rings (SSSR count). The van der Waals surface area contributed by atoms with E-state index in [9.17, 15) is 4.79 Å². The van der Waals surface area contributed by atoms with Crippen molar-refractivity contribution in [2.24, 2.45) is 0 Å². The Morgan fingerprint density at radius 1 is 1.25 bits per heavy atom. The van der Waals surface area contributed by atoms with Gasteiger partial charge in [0.25, 0.3) is 5.91 Å². The van der Waals surface area contributed by atoms with Crippen LogP contribution < -0.4 is 5.73 Å². The summed E-state index contributed by atoms with van der Waals surface area (Å²) >= 11 is 1.38. The van der Waals surface area contributed by atoms with Gasteiger partial charge in [-0.1, -0.05) is 0 Å². The van der Waals surface area contributed by atoms with Crippen molar-refractivity contribution in [3.8, 4) is 0 Å². The molecule has 4 nitrogen and oxygen atoms in total. The molecule has 5 heteroatoms. The third kappa shape index (κ3) is 2.50. The number of nitrogens with two attached hydrogens (primary N) is 1. The fourth-order valence-electron chi connectivity index (χ4n) is 2.43. The van der Waals surface area contributed by atoms with Gasteiger partial charge in [0.1, 0.15) is 9.71 Å². The highest BCUT2D eigenvalue weighted by Gasteiger charge is 2.26. The molecule has 0 atom stereocenters. The van der Waals surface area contributed by atoms with E-state index in [1.54, 1.807) is 0 Å². The molecule has 108 valence electrons. The van der Waals surface area contributed by atoms with Crippen molar-refractivity contribution < 1.29 is 4.79 Å². The summed E-state index contributed by atoms with van der Waals surface area (Å²) in [5.41, 5.74) is 7.63. The number of hydrogen-bond donors (Lipinski definition) is 1. The summed E-state index contributed by atoms with van der Waals surface area (Å²) in [7, 11) is 0. The van der Waals surface area contributed by atoms with Crippen LogP contribution in [0.2, 0.25) is 0 Å². The van der Waals surface area contributed by atoms with E-state index in [-0.39, 0.29) is 18.0 Å². The van der Waals surface area contributed by atoms with Gasteiger partial charge in [-0.3, -0.25) is 4.79 Å². The molecule has 0 aromatic carbocycles. The van der Waals surface area contributed by atoms with E-state index in [2.05, 4.69) is 4.98 Å². The Labute approximate surface area is 123 Å². The van der Waals surface area contributed by atoms with Crippen LogP contribution in [-0.4, -0.2) is 27.9 Å². The van der Waals surface area contributed by atoms with Gasteiger partial charge in [-0.2, -0.15) is 0 Å². The number of aryl methyl sites for hydroxylation is 1. The number of thiophene rings is 1. The van der Waals surface area contributed by atoms with Crippen molar-refractivity contribution in [3.63, 3.8) is 0 Å². The van der Waals surface area contributed by atoms with E-state index in [1.807, 2.05) is 51.7 Å². The third-order valence-corrected chi connectivity index (χ3v) is 4.38. The van der Waals surface area contributed by atoms with Crippen LogP contribution in [0.4, 0.5) is 5.69 Å². The summed E-state index contributed by atoms with van der Waals surface area (Å²) in [4.78, 5) is 20.5. The van der Waals surface area contributed by atoms with Gasteiger partial charge in [-0.25, -0.2) is 4.98 Å². The quantitative estimate of drug-likeness (QED) is 0.942. The first-order chi connectivity index (χ1) is 9.32. The zero-order valence-electron chi connectivity index (χ0n) is 12.6. The maximum atomic E-state index is 12.7. The molecule has 0 aliphatic carbocycles. The number of hydrogen-bond acceptors (Lipinski definition) is 4. The van der Waals surface area contributed by atoms with Crippen molar-refractivity contribution in [1.82, 2.24) is 9.88 Å². The first kappa shape index (κ1) is 14.8. The molecule has 0 fully saturated rings. The molecule has 2 aromatic rings. The maximum Gasteiger partial charge on any atom is 0.266 e. The van der Waals surface area contributed by atoms with Crippen molar-refractivity contribution in [3.05, 3.63) is 22.7 Å². The summed E-state index contributed by atoms with van der Waals surface area (Å²) in [6, 6.07) is 4.14. The Morgan fingerprint density at radius 2 is 1.85 bits per heavy atom. The van der Waals surface area contributed by atoms with E-state index < -0.39 is 0 Å². The van der Waals surface area contributed by atoms with Crippen molar-refractivity contribution in [2.45, 2.75) is 46.7 Å². The van der Waals surface area contributed by atoms with Crippen molar-refractivity contribution in [1.29, 1.82) is 0 Å². The van der Waals surface area contributed by atoms with Crippen LogP contribution in [-0.2, 0) is 0 Å². The van der Waals surface area contributed by atoms with Gasteiger partial charge in [0.05, 0.1) is 5.69 Å². The van der Waals surface area contributed by atoms with Gasteiger partial charge in [-0.05, 0) is 46.8 Å².